The van der Waals surface area contributed by atoms with Crippen molar-refractivity contribution in [1.82, 2.24) is 4.90 Å². The molecule has 1 fully saturated rings. The molecule has 0 radical (unpaired) electrons. The first-order chi connectivity index (χ1) is 10.1. The van der Waals surface area contributed by atoms with Crippen molar-refractivity contribution in [2.75, 3.05) is 13.2 Å². The van der Waals surface area contributed by atoms with Gasteiger partial charge in [0.1, 0.15) is 0 Å². The van der Waals surface area contributed by atoms with E-state index >= 15 is 0 Å². The molecule has 0 amide bonds. The molecule has 0 heterocycles. The van der Waals surface area contributed by atoms with E-state index in [-0.39, 0.29) is 17.2 Å². The lowest BCUT2D eigenvalue weighted by Crippen LogP contribution is -2.38. The minimum atomic E-state index is -0.324. The Labute approximate surface area is 125 Å². The van der Waals surface area contributed by atoms with Crippen molar-refractivity contribution in [3.05, 3.63) is 39.4 Å². The van der Waals surface area contributed by atoms with Crippen LogP contribution in [0.25, 0.3) is 0 Å². The van der Waals surface area contributed by atoms with Crippen molar-refractivity contribution in [1.29, 1.82) is 0 Å². The molecule has 5 heteroatoms. The molecule has 0 aromatic heterocycles. The van der Waals surface area contributed by atoms with Crippen LogP contribution in [0.2, 0.25) is 0 Å². The molecule has 0 saturated heterocycles. The Morgan fingerprint density at radius 3 is 2.67 bits per heavy atom. The fraction of sp³-hybridized carbons (Fsp3) is 0.625. The summed E-state index contributed by atoms with van der Waals surface area (Å²) in [7, 11) is 0. The van der Waals surface area contributed by atoms with Gasteiger partial charge in [-0.15, -0.1) is 0 Å². The molecule has 21 heavy (non-hydrogen) atoms. The zero-order chi connectivity index (χ0) is 15.2. The molecular formula is C16H24N2O3. The maximum atomic E-state index is 11.0. The molecule has 1 aromatic rings. The second-order valence-corrected chi connectivity index (χ2v) is 5.80. The second kappa shape index (κ2) is 7.52. The highest BCUT2D eigenvalue weighted by Gasteiger charge is 2.22. The van der Waals surface area contributed by atoms with Gasteiger partial charge in [0.15, 0.2) is 0 Å². The number of hydrogen-bond donors (Lipinski definition) is 1. The lowest BCUT2D eigenvalue weighted by atomic mass is 9.93. The Morgan fingerprint density at radius 1 is 1.33 bits per heavy atom. The quantitative estimate of drug-likeness (QED) is 0.646. The zero-order valence-corrected chi connectivity index (χ0v) is 12.6. The Hall–Kier alpha value is -1.46. The number of aliphatic hydroxyl groups excluding tert-OH is 1. The predicted octanol–water partition coefficient (Wildman–Crippen LogP) is 3.03. The van der Waals surface area contributed by atoms with E-state index < -0.39 is 0 Å². The van der Waals surface area contributed by atoms with Gasteiger partial charge in [-0.3, -0.25) is 15.0 Å². The van der Waals surface area contributed by atoms with Gasteiger partial charge < -0.3 is 5.11 Å². The van der Waals surface area contributed by atoms with E-state index in [0.29, 0.717) is 19.1 Å². The molecule has 0 atom stereocenters. The highest BCUT2D eigenvalue weighted by atomic mass is 16.6. The highest BCUT2D eigenvalue weighted by molar-refractivity contribution is 5.44. The minimum absolute atomic E-state index is 0.129. The number of nitrogens with zero attached hydrogens (tertiary/aromatic N) is 2. The van der Waals surface area contributed by atoms with Gasteiger partial charge in [-0.05, 0) is 25.3 Å². The van der Waals surface area contributed by atoms with E-state index in [1.54, 1.807) is 12.1 Å². The smallest absolute Gasteiger partial charge is 0.272 e. The van der Waals surface area contributed by atoms with Crippen LogP contribution in [0.3, 0.4) is 0 Å². The molecule has 0 aliphatic heterocycles. The van der Waals surface area contributed by atoms with Crippen LogP contribution in [-0.2, 0) is 6.54 Å². The SMILES string of the molecule is Cc1c(CN(CCO)C2CCCCC2)cccc1[N+](=O)[O-]. The minimum Gasteiger partial charge on any atom is -0.395 e. The van der Waals surface area contributed by atoms with Gasteiger partial charge in [-0.1, -0.05) is 31.4 Å². The van der Waals surface area contributed by atoms with Crippen molar-refractivity contribution in [2.24, 2.45) is 0 Å². The summed E-state index contributed by atoms with van der Waals surface area (Å²) in [5.74, 6) is 0. The number of benzene rings is 1. The number of nitro groups is 1. The average molecular weight is 292 g/mol. The summed E-state index contributed by atoms with van der Waals surface area (Å²) < 4.78 is 0. The first kappa shape index (κ1) is 15.9. The van der Waals surface area contributed by atoms with E-state index in [1.807, 2.05) is 13.0 Å². The lowest BCUT2D eigenvalue weighted by molar-refractivity contribution is -0.385. The molecule has 0 bridgehead atoms. The van der Waals surface area contributed by atoms with Gasteiger partial charge in [0, 0.05) is 30.8 Å². The summed E-state index contributed by atoms with van der Waals surface area (Å²) in [4.78, 5) is 13.0. The number of hydrogen-bond acceptors (Lipinski definition) is 4. The summed E-state index contributed by atoms with van der Waals surface area (Å²) in [5, 5.41) is 20.3. The van der Waals surface area contributed by atoms with E-state index in [1.165, 1.54) is 19.3 Å². The van der Waals surface area contributed by atoms with Crippen LogP contribution in [0.5, 0.6) is 0 Å². The summed E-state index contributed by atoms with van der Waals surface area (Å²) in [6.45, 7) is 3.25. The van der Waals surface area contributed by atoms with Gasteiger partial charge in [-0.2, -0.15) is 0 Å². The molecule has 1 aliphatic carbocycles. The van der Waals surface area contributed by atoms with E-state index in [9.17, 15) is 15.2 Å². The summed E-state index contributed by atoms with van der Waals surface area (Å²) >= 11 is 0. The third-order valence-corrected chi connectivity index (χ3v) is 4.47. The number of nitro benzene ring substituents is 1. The molecule has 1 aromatic carbocycles. The van der Waals surface area contributed by atoms with Gasteiger partial charge in [0.05, 0.1) is 11.5 Å². The normalized spacial score (nSPS) is 16.3. The van der Waals surface area contributed by atoms with Gasteiger partial charge >= 0.3 is 0 Å². The standard InChI is InChI=1S/C16H24N2O3/c1-13-14(6-5-9-16(13)18(20)21)12-17(10-11-19)15-7-3-2-4-8-15/h5-6,9,15,19H,2-4,7-8,10-12H2,1H3. The van der Waals surface area contributed by atoms with E-state index in [4.69, 9.17) is 0 Å². The molecular weight excluding hydrogens is 268 g/mol. The maximum absolute atomic E-state index is 11.0. The molecule has 0 spiro atoms. The maximum Gasteiger partial charge on any atom is 0.272 e. The van der Waals surface area contributed by atoms with Gasteiger partial charge in [-0.25, -0.2) is 0 Å². The van der Waals surface area contributed by atoms with Crippen LogP contribution in [-0.4, -0.2) is 34.1 Å². The molecule has 2 rings (SSSR count). The fourth-order valence-corrected chi connectivity index (χ4v) is 3.22. The van der Waals surface area contributed by atoms with Crippen molar-refractivity contribution < 1.29 is 10.0 Å². The van der Waals surface area contributed by atoms with E-state index in [0.717, 1.165) is 24.0 Å². The van der Waals surface area contributed by atoms with Gasteiger partial charge in [0.2, 0.25) is 0 Å². The topological polar surface area (TPSA) is 66.6 Å². The molecule has 1 saturated carbocycles. The monoisotopic (exact) mass is 292 g/mol. The third kappa shape index (κ3) is 4.02. The highest BCUT2D eigenvalue weighted by Crippen LogP contribution is 2.27. The molecule has 5 nitrogen and oxygen atoms in total. The lowest BCUT2D eigenvalue weighted by Gasteiger charge is -2.34. The largest absolute Gasteiger partial charge is 0.395 e. The van der Waals surface area contributed by atoms with Crippen molar-refractivity contribution in [3.63, 3.8) is 0 Å². The fourth-order valence-electron chi connectivity index (χ4n) is 3.22. The van der Waals surface area contributed by atoms with Crippen molar-refractivity contribution in [2.45, 2.75) is 51.6 Å². The first-order valence-corrected chi connectivity index (χ1v) is 7.71. The Kier molecular flexibility index (Phi) is 5.70. The van der Waals surface area contributed by atoms with Gasteiger partial charge in [0.25, 0.3) is 5.69 Å². The first-order valence-electron chi connectivity index (χ1n) is 7.71. The van der Waals surface area contributed by atoms with Crippen LogP contribution in [0.15, 0.2) is 18.2 Å². The van der Waals surface area contributed by atoms with Crippen LogP contribution in [0, 0.1) is 17.0 Å². The summed E-state index contributed by atoms with van der Waals surface area (Å²) in [5.41, 5.74) is 1.91. The molecule has 1 N–H and O–H groups in total. The number of rotatable bonds is 6. The summed E-state index contributed by atoms with van der Waals surface area (Å²) in [6.07, 6.45) is 6.09. The van der Waals surface area contributed by atoms with Crippen LogP contribution in [0.1, 0.15) is 43.2 Å². The zero-order valence-electron chi connectivity index (χ0n) is 12.6. The van der Waals surface area contributed by atoms with Crippen LogP contribution in [0.4, 0.5) is 5.69 Å². The van der Waals surface area contributed by atoms with Crippen molar-refractivity contribution >= 4 is 5.69 Å². The van der Waals surface area contributed by atoms with Crippen molar-refractivity contribution in [3.8, 4) is 0 Å². The second-order valence-electron chi connectivity index (χ2n) is 5.80. The Morgan fingerprint density at radius 2 is 2.05 bits per heavy atom. The molecule has 1 aliphatic rings. The third-order valence-electron chi connectivity index (χ3n) is 4.47. The Balaban J connectivity index is 2.16. The number of aliphatic hydroxyl groups is 1. The molecule has 0 unspecified atom stereocenters. The predicted molar refractivity (Wildman–Crippen MR) is 82.2 cm³/mol. The van der Waals surface area contributed by atoms with Crippen LogP contribution < -0.4 is 0 Å². The van der Waals surface area contributed by atoms with Crippen LogP contribution >= 0.6 is 0 Å². The van der Waals surface area contributed by atoms with E-state index in [2.05, 4.69) is 4.90 Å². The average Bonchev–Trinajstić information content (AvgIpc) is 2.49. The summed E-state index contributed by atoms with van der Waals surface area (Å²) in [6, 6.07) is 5.74. The molecule has 116 valence electrons. The Bertz CT molecular complexity index is 484.